The van der Waals surface area contributed by atoms with Crippen molar-refractivity contribution in [2.45, 2.75) is 30.3 Å². The zero-order valence-corrected chi connectivity index (χ0v) is 13.3. The summed E-state index contributed by atoms with van der Waals surface area (Å²) in [6, 6.07) is 3.88. The first-order valence-corrected chi connectivity index (χ1v) is 9.01. The standard InChI is InChI=1S/C16H15FN2O3S/c1-18-11-6-10(17)7-12(8-11)19-9-15(23(2,21)22)16-13(19)4-3-5-14(16)20/h6-9,14,20H,3-5H2,2H3. The van der Waals surface area contributed by atoms with Gasteiger partial charge in [-0.2, -0.15) is 0 Å². The highest BCUT2D eigenvalue weighted by molar-refractivity contribution is 7.90. The van der Waals surface area contributed by atoms with Crippen molar-refractivity contribution < 1.29 is 17.9 Å². The molecule has 1 N–H and O–H groups in total. The zero-order chi connectivity index (χ0) is 16.8. The Morgan fingerprint density at radius 2 is 2.13 bits per heavy atom. The van der Waals surface area contributed by atoms with Crippen LogP contribution in [0.4, 0.5) is 10.1 Å². The van der Waals surface area contributed by atoms with Gasteiger partial charge in [-0.25, -0.2) is 17.7 Å². The number of nitrogens with zero attached hydrogens (tertiary/aromatic N) is 2. The summed E-state index contributed by atoms with van der Waals surface area (Å²) in [5.41, 5.74) is 1.58. The number of fused-ring (bicyclic) bond motifs is 1. The minimum Gasteiger partial charge on any atom is -0.388 e. The zero-order valence-electron chi connectivity index (χ0n) is 12.5. The molecule has 1 atom stereocenters. The van der Waals surface area contributed by atoms with E-state index < -0.39 is 21.8 Å². The molecule has 0 fully saturated rings. The normalized spacial score (nSPS) is 17.6. The summed E-state index contributed by atoms with van der Waals surface area (Å²) in [7, 11) is -3.53. The molecular formula is C16H15FN2O3S. The molecule has 1 aromatic heterocycles. The lowest BCUT2D eigenvalue weighted by Crippen LogP contribution is -2.13. The Bertz CT molecular complexity index is 926. The summed E-state index contributed by atoms with van der Waals surface area (Å²) in [6.07, 6.45) is 3.45. The number of rotatable bonds is 2. The predicted octanol–water partition coefficient (Wildman–Crippen LogP) is 2.94. The maximum atomic E-state index is 13.7. The smallest absolute Gasteiger partial charge is 0.192 e. The third-order valence-electron chi connectivity index (χ3n) is 4.01. The summed E-state index contributed by atoms with van der Waals surface area (Å²) < 4.78 is 39.4. The Kier molecular flexibility index (Phi) is 3.74. The van der Waals surface area contributed by atoms with Crippen molar-refractivity contribution in [3.05, 3.63) is 52.9 Å². The fourth-order valence-electron chi connectivity index (χ4n) is 3.04. The van der Waals surface area contributed by atoms with Gasteiger partial charge in [-0.3, -0.25) is 0 Å². The van der Waals surface area contributed by atoms with E-state index in [0.717, 1.165) is 12.3 Å². The van der Waals surface area contributed by atoms with Gasteiger partial charge in [0.1, 0.15) is 5.82 Å². The van der Waals surface area contributed by atoms with E-state index in [4.69, 9.17) is 6.57 Å². The average molecular weight is 334 g/mol. The highest BCUT2D eigenvalue weighted by Crippen LogP contribution is 2.38. The molecule has 0 amide bonds. The van der Waals surface area contributed by atoms with E-state index in [1.165, 1.54) is 18.3 Å². The molecule has 0 saturated carbocycles. The Hall–Kier alpha value is -2.17. The summed E-state index contributed by atoms with van der Waals surface area (Å²) in [5, 5.41) is 10.2. The van der Waals surface area contributed by atoms with Gasteiger partial charge in [0.15, 0.2) is 15.5 Å². The predicted molar refractivity (Wildman–Crippen MR) is 83.0 cm³/mol. The monoisotopic (exact) mass is 334 g/mol. The van der Waals surface area contributed by atoms with Gasteiger partial charge in [0.25, 0.3) is 0 Å². The molecule has 0 radical (unpaired) electrons. The fraction of sp³-hybridized carbons (Fsp3) is 0.312. The highest BCUT2D eigenvalue weighted by Gasteiger charge is 2.30. The first-order valence-electron chi connectivity index (χ1n) is 7.12. The summed E-state index contributed by atoms with van der Waals surface area (Å²) in [6.45, 7) is 7.04. The van der Waals surface area contributed by atoms with Crippen LogP contribution in [0.3, 0.4) is 0 Å². The molecule has 1 heterocycles. The Morgan fingerprint density at radius 3 is 2.78 bits per heavy atom. The number of hydrogen-bond donors (Lipinski definition) is 1. The summed E-state index contributed by atoms with van der Waals surface area (Å²) in [5.74, 6) is -0.562. The van der Waals surface area contributed by atoms with Crippen LogP contribution in [0.15, 0.2) is 29.3 Å². The average Bonchev–Trinajstić information content (AvgIpc) is 2.87. The maximum Gasteiger partial charge on any atom is 0.192 e. The van der Waals surface area contributed by atoms with E-state index in [-0.39, 0.29) is 10.6 Å². The Balaban J connectivity index is 2.30. The van der Waals surface area contributed by atoms with E-state index in [1.54, 1.807) is 4.57 Å². The molecule has 0 spiro atoms. The van der Waals surface area contributed by atoms with Crippen LogP contribution in [0.25, 0.3) is 10.5 Å². The van der Waals surface area contributed by atoms with Gasteiger partial charge < -0.3 is 9.67 Å². The van der Waals surface area contributed by atoms with Crippen LogP contribution in [0.5, 0.6) is 0 Å². The minimum absolute atomic E-state index is 0.0633. The van der Waals surface area contributed by atoms with Gasteiger partial charge in [0.05, 0.1) is 17.6 Å². The van der Waals surface area contributed by atoms with Crippen molar-refractivity contribution in [1.82, 2.24) is 4.57 Å². The van der Waals surface area contributed by atoms with Crippen LogP contribution in [-0.4, -0.2) is 24.3 Å². The molecule has 0 aliphatic heterocycles. The van der Waals surface area contributed by atoms with Crippen LogP contribution in [0, 0.1) is 12.4 Å². The Morgan fingerprint density at radius 1 is 1.39 bits per heavy atom. The molecule has 0 bridgehead atoms. The Labute approximate surface area is 133 Å². The molecular weight excluding hydrogens is 319 g/mol. The van der Waals surface area contributed by atoms with Gasteiger partial charge in [-0.15, -0.1) is 0 Å². The molecule has 1 aliphatic carbocycles. The third-order valence-corrected chi connectivity index (χ3v) is 5.14. The van der Waals surface area contributed by atoms with Crippen molar-refractivity contribution in [2.24, 2.45) is 0 Å². The molecule has 120 valence electrons. The SMILES string of the molecule is [C-]#[N+]c1cc(F)cc(-n2cc(S(C)(=O)=O)c3c2CCCC3O)c1. The fourth-order valence-corrected chi connectivity index (χ4v) is 3.99. The molecule has 3 rings (SSSR count). The summed E-state index contributed by atoms with van der Waals surface area (Å²) in [4.78, 5) is 3.29. The number of benzene rings is 1. The van der Waals surface area contributed by atoms with E-state index >= 15 is 0 Å². The lowest BCUT2D eigenvalue weighted by molar-refractivity contribution is 0.153. The third kappa shape index (κ3) is 2.76. The van der Waals surface area contributed by atoms with E-state index in [1.807, 2.05) is 0 Å². The van der Waals surface area contributed by atoms with E-state index in [0.29, 0.717) is 36.2 Å². The summed E-state index contributed by atoms with van der Waals surface area (Å²) >= 11 is 0. The molecule has 1 aromatic carbocycles. The molecule has 2 aromatic rings. The van der Waals surface area contributed by atoms with Gasteiger partial charge in [-0.05, 0) is 37.5 Å². The molecule has 5 nitrogen and oxygen atoms in total. The number of sulfone groups is 1. The number of halogens is 1. The van der Waals surface area contributed by atoms with Crippen LogP contribution < -0.4 is 0 Å². The number of aliphatic hydroxyl groups is 1. The highest BCUT2D eigenvalue weighted by atomic mass is 32.2. The minimum atomic E-state index is -3.53. The van der Waals surface area contributed by atoms with Crippen molar-refractivity contribution in [2.75, 3.05) is 6.26 Å². The number of aliphatic hydroxyl groups excluding tert-OH is 1. The van der Waals surface area contributed by atoms with Gasteiger partial charge in [0.2, 0.25) is 0 Å². The second-order valence-corrected chi connectivity index (χ2v) is 7.67. The number of aromatic nitrogens is 1. The molecule has 0 saturated heterocycles. The molecule has 23 heavy (non-hydrogen) atoms. The van der Waals surface area contributed by atoms with Crippen LogP contribution in [-0.2, 0) is 16.3 Å². The van der Waals surface area contributed by atoms with Gasteiger partial charge in [0, 0.05) is 29.4 Å². The first-order chi connectivity index (χ1) is 10.8. The van der Waals surface area contributed by atoms with Crippen molar-refractivity contribution >= 4 is 15.5 Å². The second-order valence-electron chi connectivity index (χ2n) is 5.68. The van der Waals surface area contributed by atoms with Crippen molar-refractivity contribution in [1.29, 1.82) is 0 Å². The van der Waals surface area contributed by atoms with Crippen molar-refractivity contribution in [3.8, 4) is 5.69 Å². The quantitative estimate of drug-likeness (QED) is 0.859. The lowest BCUT2D eigenvalue weighted by Gasteiger charge is -2.21. The molecule has 1 unspecified atom stereocenters. The molecule has 7 heteroatoms. The van der Waals surface area contributed by atoms with Crippen LogP contribution >= 0.6 is 0 Å². The maximum absolute atomic E-state index is 13.7. The molecule has 1 aliphatic rings. The van der Waals surface area contributed by atoms with Gasteiger partial charge in [-0.1, -0.05) is 0 Å². The largest absolute Gasteiger partial charge is 0.388 e. The number of hydrogen-bond acceptors (Lipinski definition) is 3. The second kappa shape index (κ2) is 5.48. The van der Waals surface area contributed by atoms with E-state index in [9.17, 15) is 17.9 Å². The first kappa shape index (κ1) is 15.7. The van der Waals surface area contributed by atoms with Crippen LogP contribution in [0.1, 0.15) is 30.2 Å². The van der Waals surface area contributed by atoms with Crippen LogP contribution in [0.2, 0.25) is 0 Å². The lowest BCUT2D eigenvalue weighted by atomic mass is 9.95. The van der Waals surface area contributed by atoms with Crippen molar-refractivity contribution in [3.63, 3.8) is 0 Å². The van der Waals surface area contributed by atoms with Gasteiger partial charge >= 0.3 is 0 Å². The van der Waals surface area contributed by atoms with E-state index in [2.05, 4.69) is 4.85 Å². The topological polar surface area (TPSA) is 63.7 Å².